The van der Waals surface area contributed by atoms with E-state index in [1.54, 1.807) is 0 Å². The molecule has 0 aliphatic carbocycles. The first kappa shape index (κ1) is 15.2. The Morgan fingerprint density at radius 3 is 3.04 bits per heavy atom. The van der Waals surface area contributed by atoms with E-state index in [2.05, 4.69) is 17.0 Å². The number of aliphatic hydroxyl groups is 1. The van der Waals surface area contributed by atoms with Crippen LogP contribution in [0.25, 0.3) is 11.0 Å². The third-order valence-electron chi connectivity index (χ3n) is 5.56. The van der Waals surface area contributed by atoms with E-state index in [0.29, 0.717) is 19.3 Å². The van der Waals surface area contributed by atoms with Gasteiger partial charge >= 0.3 is 0 Å². The number of likely N-dealkylation sites (tertiary alicyclic amines) is 1. The molecule has 2 aliphatic rings. The molecule has 0 radical (unpaired) electrons. The molecule has 0 unspecified atom stereocenters. The molecule has 2 aromatic rings. The Kier molecular flexibility index (Phi) is 3.92. The van der Waals surface area contributed by atoms with Crippen molar-refractivity contribution in [3.8, 4) is 0 Å². The highest BCUT2D eigenvalue weighted by Gasteiger charge is 2.44. The number of benzene rings is 1. The van der Waals surface area contributed by atoms with Crippen molar-refractivity contribution in [3.05, 3.63) is 36.1 Å². The molecule has 3 heterocycles. The fourth-order valence-electron chi connectivity index (χ4n) is 4.20. The standard InChI is InChI=1S/C19H25NO3/c1-19(21)8-10-22-13-16(19)17-6-4-9-20(17)12-15-11-14-5-2-3-7-18(14)23-15/h2-3,5,7,11,16-17,21H,4,6,8-10,12-13H2,1H3/t16-,17-,19+/m1/s1. The monoisotopic (exact) mass is 315 g/mol. The molecule has 2 saturated heterocycles. The molecule has 2 fully saturated rings. The van der Waals surface area contributed by atoms with Crippen molar-refractivity contribution in [2.24, 2.45) is 5.92 Å². The van der Waals surface area contributed by atoms with E-state index in [0.717, 1.165) is 42.7 Å². The van der Waals surface area contributed by atoms with Gasteiger partial charge in [-0.05, 0) is 44.9 Å². The average Bonchev–Trinajstić information content (AvgIpc) is 3.13. The van der Waals surface area contributed by atoms with E-state index in [1.807, 2.05) is 25.1 Å². The Labute approximate surface area is 137 Å². The van der Waals surface area contributed by atoms with Gasteiger partial charge in [-0.2, -0.15) is 0 Å². The maximum Gasteiger partial charge on any atom is 0.134 e. The molecule has 0 spiro atoms. The summed E-state index contributed by atoms with van der Waals surface area (Å²) < 4.78 is 11.6. The molecule has 0 saturated carbocycles. The Balaban J connectivity index is 1.53. The lowest BCUT2D eigenvalue weighted by Gasteiger charge is -2.43. The summed E-state index contributed by atoms with van der Waals surface area (Å²) in [6.07, 6.45) is 3.04. The largest absolute Gasteiger partial charge is 0.460 e. The molecule has 1 aromatic carbocycles. The first-order valence-corrected chi connectivity index (χ1v) is 8.65. The zero-order valence-corrected chi connectivity index (χ0v) is 13.7. The van der Waals surface area contributed by atoms with Crippen molar-refractivity contribution < 1.29 is 14.3 Å². The van der Waals surface area contributed by atoms with Gasteiger partial charge in [-0.15, -0.1) is 0 Å². The third kappa shape index (κ3) is 2.91. The van der Waals surface area contributed by atoms with Crippen LogP contribution < -0.4 is 0 Å². The molecule has 0 bridgehead atoms. The van der Waals surface area contributed by atoms with Crippen LogP contribution in [0.4, 0.5) is 0 Å². The number of nitrogens with zero attached hydrogens (tertiary/aromatic N) is 1. The molecule has 1 N–H and O–H groups in total. The summed E-state index contributed by atoms with van der Waals surface area (Å²) >= 11 is 0. The van der Waals surface area contributed by atoms with E-state index in [4.69, 9.17) is 9.15 Å². The number of hydrogen-bond donors (Lipinski definition) is 1. The van der Waals surface area contributed by atoms with Gasteiger partial charge in [0, 0.05) is 24.0 Å². The van der Waals surface area contributed by atoms with Crippen LogP contribution in [0.3, 0.4) is 0 Å². The minimum Gasteiger partial charge on any atom is -0.460 e. The molecule has 4 rings (SSSR count). The Hall–Kier alpha value is -1.36. The minimum atomic E-state index is -0.626. The van der Waals surface area contributed by atoms with Crippen LogP contribution in [0.1, 0.15) is 31.9 Å². The van der Waals surface area contributed by atoms with Crippen molar-refractivity contribution >= 4 is 11.0 Å². The van der Waals surface area contributed by atoms with Crippen molar-refractivity contribution in [1.29, 1.82) is 0 Å². The molecule has 1 aromatic heterocycles. The molecule has 4 nitrogen and oxygen atoms in total. The fourth-order valence-corrected chi connectivity index (χ4v) is 4.20. The first-order chi connectivity index (χ1) is 11.1. The molecule has 2 aliphatic heterocycles. The molecular weight excluding hydrogens is 290 g/mol. The van der Waals surface area contributed by atoms with E-state index >= 15 is 0 Å². The second kappa shape index (κ2) is 5.93. The summed E-state index contributed by atoms with van der Waals surface area (Å²) in [7, 11) is 0. The van der Waals surface area contributed by atoms with E-state index in [-0.39, 0.29) is 5.92 Å². The minimum absolute atomic E-state index is 0.183. The predicted octanol–water partition coefficient (Wildman–Crippen LogP) is 3.18. The molecule has 23 heavy (non-hydrogen) atoms. The molecule has 3 atom stereocenters. The topological polar surface area (TPSA) is 45.8 Å². The Morgan fingerprint density at radius 1 is 1.35 bits per heavy atom. The highest BCUT2D eigenvalue weighted by Crippen LogP contribution is 2.36. The second-order valence-electron chi connectivity index (χ2n) is 7.22. The van der Waals surface area contributed by atoms with Gasteiger partial charge in [-0.1, -0.05) is 18.2 Å². The summed E-state index contributed by atoms with van der Waals surface area (Å²) in [4.78, 5) is 2.46. The Morgan fingerprint density at radius 2 is 2.22 bits per heavy atom. The summed E-state index contributed by atoms with van der Waals surface area (Å²) in [6, 6.07) is 10.7. The van der Waals surface area contributed by atoms with E-state index < -0.39 is 5.60 Å². The number of furan rings is 1. The number of rotatable bonds is 3. The second-order valence-corrected chi connectivity index (χ2v) is 7.22. The van der Waals surface area contributed by atoms with Crippen molar-refractivity contribution in [2.45, 2.75) is 44.4 Å². The van der Waals surface area contributed by atoms with Crippen LogP contribution >= 0.6 is 0 Å². The van der Waals surface area contributed by atoms with Crippen molar-refractivity contribution in [2.75, 3.05) is 19.8 Å². The van der Waals surface area contributed by atoms with Gasteiger partial charge in [-0.25, -0.2) is 0 Å². The number of ether oxygens (including phenoxy) is 1. The SMILES string of the molecule is C[C@]1(O)CCOC[C@@H]1[C@H]1CCCN1Cc1cc2ccccc2o1. The van der Waals surface area contributed by atoms with Gasteiger partial charge in [0.05, 0.1) is 18.8 Å². The summed E-state index contributed by atoms with van der Waals surface area (Å²) in [6.45, 7) is 5.17. The smallest absolute Gasteiger partial charge is 0.134 e. The zero-order chi connectivity index (χ0) is 15.9. The van der Waals surface area contributed by atoms with E-state index in [1.165, 1.54) is 6.42 Å². The number of hydrogen-bond acceptors (Lipinski definition) is 4. The van der Waals surface area contributed by atoms with E-state index in [9.17, 15) is 5.11 Å². The maximum absolute atomic E-state index is 10.8. The normalized spacial score (nSPS) is 32.6. The number of para-hydroxylation sites is 1. The summed E-state index contributed by atoms with van der Waals surface area (Å²) in [5.74, 6) is 1.19. The van der Waals surface area contributed by atoms with Crippen LogP contribution in [0, 0.1) is 5.92 Å². The lowest BCUT2D eigenvalue weighted by atomic mass is 9.79. The lowest BCUT2D eigenvalue weighted by Crippen LogP contribution is -2.52. The fraction of sp³-hybridized carbons (Fsp3) is 0.579. The van der Waals surface area contributed by atoms with Gasteiger partial charge in [0.1, 0.15) is 11.3 Å². The quantitative estimate of drug-likeness (QED) is 0.945. The molecule has 4 heteroatoms. The maximum atomic E-state index is 10.8. The zero-order valence-electron chi connectivity index (χ0n) is 13.7. The molecule has 0 amide bonds. The predicted molar refractivity (Wildman–Crippen MR) is 89.2 cm³/mol. The van der Waals surface area contributed by atoms with Gasteiger partial charge in [0.2, 0.25) is 0 Å². The van der Waals surface area contributed by atoms with Crippen LogP contribution in [-0.4, -0.2) is 41.4 Å². The van der Waals surface area contributed by atoms with Crippen LogP contribution in [0.2, 0.25) is 0 Å². The molecule has 124 valence electrons. The summed E-state index contributed by atoms with van der Waals surface area (Å²) in [5.41, 5.74) is 0.325. The van der Waals surface area contributed by atoms with Gasteiger partial charge in [0.25, 0.3) is 0 Å². The van der Waals surface area contributed by atoms with Gasteiger partial charge in [-0.3, -0.25) is 4.90 Å². The summed E-state index contributed by atoms with van der Waals surface area (Å²) in [5, 5.41) is 11.9. The first-order valence-electron chi connectivity index (χ1n) is 8.65. The highest BCUT2D eigenvalue weighted by atomic mass is 16.5. The van der Waals surface area contributed by atoms with Crippen molar-refractivity contribution in [3.63, 3.8) is 0 Å². The van der Waals surface area contributed by atoms with Gasteiger partial charge < -0.3 is 14.3 Å². The highest BCUT2D eigenvalue weighted by molar-refractivity contribution is 5.77. The Bertz CT molecular complexity index is 645. The number of fused-ring (bicyclic) bond motifs is 1. The molecular formula is C19H25NO3. The third-order valence-corrected chi connectivity index (χ3v) is 5.56. The van der Waals surface area contributed by atoms with Gasteiger partial charge in [0.15, 0.2) is 0 Å². The van der Waals surface area contributed by atoms with Crippen LogP contribution in [0.15, 0.2) is 34.7 Å². The lowest BCUT2D eigenvalue weighted by molar-refractivity contribution is -0.124. The van der Waals surface area contributed by atoms with Crippen molar-refractivity contribution in [1.82, 2.24) is 4.90 Å². The average molecular weight is 315 g/mol. The van der Waals surface area contributed by atoms with Crippen LogP contribution in [0.5, 0.6) is 0 Å². The van der Waals surface area contributed by atoms with Crippen LogP contribution in [-0.2, 0) is 11.3 Å².